The molecule has 7 nitrogen and oxygen atoms in total. The highest BCUT2D eigenvalue weighted by molar-refractivity contribution is 6.42. The van der Waals surface area contributed by atoms with Gasteiger partial charge in [0.1, 0.15) is 23.5 Å². The fraction of sp³-hybridized carbons (Fsp3) is 0.474. The van der Waals surface area contributed by atoms with Crippen LogP contribution in [-0.2, 0) is 13.6 Å². The standard InChI is InChI=1S/C19H27Cl2N5O2/c1-5-22-19(24-10-15-12(2)25-26(4)13(15)3)23-9-14(27)11-28-17-8-6-7-16(20)18(17)21/h6-8,14,27H,5,9-11H2,1-4H3,(H2,22,23,24). The molecule has 0 saturated carbocycles. The predicted molar refractivity (Wildman–Crippen MR) is 113 cm³/mol. The maximum absolute atomic E-state index is 10.2. The number of rotatable bonds is 8. The van der Waals surface area contributed by atoms with Crippen LogP contribution >= 0.6 is 23.2 Å². The van der Waals surface area contributed by atoms with Crippen LogP contribution in [0.3, 0.4) is 0 Å². The Morgan fingerprint density at radius 2 is 2.07 bits per heavy atom. The first-order valence-electron chi connectivity index (χ1n) is 9.09. The summed E-state index contributed by atoms with van der Waals surface area (Å²) in [4.78, 5) is 4.59. The van der Waals surface area contributed by atoms with E-state index in [1.54, 1.807) is 18.2 Å². The van der Waals surface area contributed by atoms with Gasteiger partial charge < -0.3 is 20.5 Å². The van der Waals surface area contributed by atoms with Gasteiger partial charge in [0.25, 0.3) is 0 Å². The lowest BCUT2D eigenvalue weighted by Gasteiger charge is -2.16. The molecule has 3 N–H and O–H groups in total. The van der Waals surface area contributed by atoms with E-state index < -0.39 is 6.10 Å². The predicted octanol–water partition coefficient (Wildman–Crippen LogP) is 2.84. The van der Waals surface area contributed by atoms with Gasteiger partial charge in [-0.3, -0.25) is 4.68 Å². The minimum absolute atomic E-state index is 0.0767. The van der Waals surface area contributed by atoms with E-state index in [2.05, 4.69) is 20.7 Å². The number of hydrogen-bond acceptors (Lipinski definition) is 4. The van der Waals surface area contributed by atoms with Gasteiger partial charge in [0.2, 0.25) is 0 Å². The van der Waals surface area contributed by atoms with Gasteiger partial charge in [0.15, 0.2) is 5.96 Å². The number of aryl methyl sites for hydroxylation is 2. The molecular formula is C19H27Cl2N5O2. The van der Waals surface area contributed by atoms with Crippen molar-refractivity contribution in [2.75, 3.05) is 19.7 Å². The van der Waals surface area contributed by atoms with Gasteiger partial charge in [0, 0.05) is 31.4 Å². The zero-order valence-corrected chi connectivity index (χ0v) is 18.1. The smallest absolute Gasteiger partial charge is 0.191 e. The Kier molecular flexibility index (Phi) is 8.41. The maximum atomic E-state index is 10.2. The molecule has 154 valence electrons. The maximum Gasteiger partial charge on any atom is 0.191 e. The fourth-order valence-electron chi connectivity index (χ4n) is 2.60. The third-order valence-electron chi connectivity index (χ3n) is 4.25. The van der Waals surface area contributed by atoms with Gasteiger partial charge in [-0.25, -0.2) is 4.99 Å². The molecule has 0 bridgehead atoms. The van der Waals surface area contributed by atoms with Gasteiger partial charge in [-0.1, -0.05) is 29.3 Å². The van der Waals surface area contributed by atoms with Gasteiger partial charge in [-0.05, 0) is 32.9 Å². The molecule has 28 heavy (non-hydrogen) atoms. The molecule has 1 aromatic carbocycles. The van der Waals surface area contributed by atoms with Crippen molar-refractivity contribution in [2.24, 2.45) is 12.0 Å². The summed E-state index contributed by atoms with van der Waals surface area (Å²) >= 11 is 12.0. The fourth-order valence-corrected chi connectivity index (χ4v) is 2.95. The summed E-state index contributed by atoms with van der Waals surface area (Å²) in [5, 5.41) is 21.6. The molecule has 0 amide bonds. The third-order valence-corrected chi connectivity index (χ3v) is 5.05. The molecule has 2 rings (SSSR count). The molecule has 0 aliphatic heterocycles. The van der Waals surface area contributed by atoms with E-state index in [1.165, 1.54) is 0 Å². The lowest BCUT2D eigenvalue weighted by molar-refractivity contribution is 0.110. The first-order chi connectivity index (χ1) is 13.3. The van der Waals surface area contributed by atoms with E-state index in [4.69, 9.17) is 27.9 Å². The lowest BCUT2D eigenvalue weighted by atomic mass is 10.2. The van der Waals surface area contributed by atoms with Gasteiger partial charge in [0.05, 0.1) is 17.3 Å². The van der Waals surface area contributed by atoms with Crippen LogP contribution in [0.4, 0.5) is 0 Å². The number of ether oxygens (including phenoxy) is 1. The number of hydrogen-bond donors (Lipinski definition) is 3. The number of halogens is 2. The van der Waals surface area contributed by atoms with E-state index in [0.717, 1.165) is 17.0 Å². The second-order valence-corrected chi connectivity index (χ2v) is 7.15. The van der Waals surface area contributed by atoms with Crippen LogP contribution in [0.2, 0.25) is 10.0 Å². The molecule has 1 aromatic heterocycles. The topological polar surface area (TPSA) is 83.7 Å². The molecule has 0 spiro atoms. The van der Waals surface area contributed by atoms with Crippen molar-refractivity contribution in [1.82, 2.24) is 20.4 Å². The minimum atomic E-state index is -0.749. The summed E-state index contributed by atoms with van der Waals surface area (Å²) in [6.07, 6.45) is -0.749. The number of benzene rings is 1. The second-order valence-electron chi connectivity index (χ2n) is 6.37. The zero-order valence-electron chi connectivity index (χ0n) is 16.6. The third kappa shape index (κ3) is 6.02. The molecule has 0 aliphatic rings. The molecule has 0 radical (unpaired) electrons. The largest absolute Gasteiger partial charge is 0.489 e. The van der Waals surface area contributed by atoms with Crippen molar-refractivity contribution >= 4 is 29.2 Å². The number of nitrogens with zero attached hydrogens (tertiary/aromatic N) is 3. The summed E-state index contributed by atoms with van der Waals surface area (Å²) in [6, 6.07) is 5.13. The Morgan fingerprint density at radius 3 is 2.71 bits per heavy atom. The Morgan fingerprint density at radius 1 is 1.32 bits per heavy atom. The van der Waals surface area contributed by atoms with Crippen LogP contribution in [0.1, 0.15) is 23.9 Å². The van der Waals surface area contributed by atoms with E-state index in [1.807, 2.05) is 32.5 Å². The highest BCUT2D eigenvalue weighted by Gasteiger charge is 2.12. The van der Waals surface area contributed by atoms with Crippen LogP contribution in [-0.4, -0.2) is 46.6 Å². The van der Waals surface area contributed by atoms with Crippen LogP contribution < -0.4 is 15.4 Å². The quantitative estimate of drug-likeness (QED) is 0.445. The number of nitrogens with one attached hydrogen (secondary N) is 2. The zero-order chi connectivity index (χ0) is 20.7. The summed E-state index contributed by atoms with van der Waals surface area (Å²) in [6.45, 7) is 7.54. The molecule has 1 unspecified atom stereocenters. The van der Waals surface area contributed by atoms with Crippen LogP contribution in [0, 0.1) is 13.8 Å². The molecule has 0 saturated heterocycles. The summed E-state index contributed by atoms with van der Waals surface area (Å²) in [5.41, 5.74) is 3.15. The number of aromatic nitrogens is 2. The van der Waals surface area contributed by atoms with Crippen LogP contribution in [0.25, 0.3) is 0 Å². The van der Waals surface area contributed by atoms with Gasteiger partial charge >= 0.3 is 0 Å². The van der Waals surface area contributed by atoms with Crippen molar-refractivity contribution in [3.05, 3.63) is 45.2 Å². The average Bonchev–Trinajstić information content (AvgIpc) is 2.90. The normalized spacial score (nSPS) is 12.8. The molecule has 0 aliphatic carbocycles. The first kappa shape index (κ1) is 22.3. The summed E-state index contributed by atoms with van der Waals surface area (Å²) in [7, 11) is 1.92. The highest BCUT2D eigenvalue weighted by atomic mass is 35.5. The molecule has 1 heterocycles. The number of guanidine groups is 1. The summed E-state index contributed by atoms with van der Waals surface area (Å²) in [5.74, 6) is 1.06. The molecular weight excluding hydrogens is 401 g/mol. The first-order valence-corrected chi connectivity index (χ1v) is 9.85. The van der Waals surface area contributed by atoms with Crippen LogP contribution in [0.5, 0.6) is 5.75 Å². The SMILES string of the molecule is CCNC(=NCc1c(C)nn(C)c1C)NCC(O)COc1cccc(Cl)c1Cl. The van der Waals surface area contributed by atoms with E-state index in [0.29, 0.717) is 34.8 Å². The number of aliphatic hydroxyl groups excluding tert-OH is 1. The van der Waals surface area contributed by atoms with E-state index in [9.17, 15) is 5.11 Å². The van der Waals surface area contributed by atoms with Gasteiger partial charge in [-0.15, -0.1) is 0 Å². The Hall–Kier alpha value is -1.96. The monoisotopic (exact) mass is 427 g/mol. The molecule has 0 fully saturated rings. The van der Waals surface area contributed by atoms with Crippen molar-refractivity contribution in [2.45, 2.75) is 33.4 Å². The van der Waals surface area contributed by atoms with Crippen molar-refractivity contribution in [3.8, 4) is 5.75 Å². The van der Waals surface area contributed by atoms with Crippen LogP contribution in [0.15, 0.2) is 23.2 Å². The minimum Gasteiger partial charge on any atom is -0.489 e. The number of aliphatic hydroxyl groups is 1. The molecule has 1 atom stereocenters. The second kappa shape index (κ2) is 10.5. The number of aliphatic imine (C=N–C) groups is 1. The van der Waals surface area contributed by atoms with Crippen molar-refractivity contribution in [1.29, 1.82) is 0 Å². The van der Waals surface area contributed by atoms with Crippen molar-refractivity contribution < 1.29 is 9.84 Å². The highest BCUT2D eigenvalue weighted by Crippen LogP contribution is 2.31. The van der Waals surface area contributed by atoms with Crippen molar-refractivity contribution in [3.63, 3.8) is 0 Å². The van der Waals surface area contributed by atoms with E-state index in [-0.39, 0.29) is 13.2 Å². The lowest BCUT2D eigenvalue weighted by Crippen LogP contribution is -2.42. The Bertz CT molecular complexity index is 823. The van der Waals surface area contributed by atoms with E-state index >= 15 is 0 Å². The molecule has 9 heteroatoms. The molecule has 2 aromatic rings. The Balaban J connectivity index is 1.90. The Labute approximate surface area is 175 Å². The van der Waals surface area contributed by atoms with Gasteiger partial charge in [-0.2, -0.15) is 5.10 Å². The average molecular weight is 428 g/mol. The summed E-state index contributed by atoms with van der Waals surface area (Å²) < 4.78 is 7.41.